The van der Waals surface area contributed by atoms with Crippen LogP contribution in [-0.4, -0.2) is 20.9 Å². The predicted octanol–water partition coefficient (Wildman–Crippen LogP) is 5.16. The number of halogens is 5. The van der Waals surface area contributed by atoms with Crippen LogP contribution in [0.5, 0.6) is 0 Å². The molecule has 0 atom stereocenters. The zero-order valence-electron chi connectivity index (χ0n) is 13.9. The highest BCUT2D eigenvalue weighted by atomic mass is 35.5. The number of alkyl halides is 4. The van der Waals surface area contributed by atoms with Crippen molar-refractivity contribution in [2.45, 2.75) is 12.1 Å². The monoisotopic (exact) mass is 452 g/mol. The average Bonchev–Trinajstić information content (AvgIpc) is 2.64. The van der Waals surface area contributed by atoms with Crippen molar-refractivity contribution in [1.82, 2.24) is 0 Å². The number of hydrogen-bond donors (Lipinski definition) is 2. The van der Waals surface area contributed by atoms with Crippen LogP contribution < -0.4 is 5.32 Å². The molecule has 0 saturated carbocycles. The quantitative estimate of drug-likeness (QED) is 0.161. The van der Waals surface area contributed by atoms with Crippen molar-refractivity contribution in [2.24, 2.45) is 5.16 Å². The van der Waals surface area contributed by atoms with Gasteiger partial charge in [-0.3, -0.25) is 20.2 Å². The first kappa shape index (κ1) is 22.2. The zero-order chi connectivity index (χ0) is 21.9. The molecule has 0 heterocycles. The van der Waals surface area contributed by atoms with Crippen molar-refractivity contribution in [3.8, 4) is 0 Å². The van der Waals surface area contributed by atoms with E-state index in [0.29, 0.717) is 5.56 Å². The standard InChI is InChI=1S/C15H9Cl2F3N4O5/c16-6-7-1-3-8(4-2-7)14(22-25)21-12-10(23(26)27)5-9(15(18,19)20)11(17)13(12)24(28)29/h1-5,25H,6H2,(H,21,22). The number of amidine groups is 1. The second-order valence-electron chi connectivity index (χ2n) is 5.40. The summed E-state index contributed by atoms with van der Waals surface area (Å²) < 4.78 is 39.3. The van der Waals surface area contributed by atoms with Gasteiger partial charge in [0, 0.05) is 17.5 Å². The van der Waals surface area contributed by atoms with Gasteiger partial charge in [-0.1, -0.05) is 41.0 Å². The number of nitrogens with zero attached hydrogens (tertiary/aromatic N) is 3. The van der Waals surface area contributed by atoms with Gasteiger partial charge < -0.3 is 10.5 Å². The molecule has 2 aromatic rings. The molecule has 0 aliphatic carbocycles. The molecule has 154 valence electrons. The van der Waals surface area contributed by atoms with Gasteiger partial charge in [0.1, 0.15) is 5.02 Å². The summed E-state index contributed by atoms with van der Waals surface area (Å²) >= 11 is 11.2. The van der Waals surface area contributed by atoms with Crippen molar-refractivity contribution >= 4 is 46.1 Å². The van der Waals surface area contributed by atoms with Gasteiger partial charge in [0.25, 0.3) is 0 Å². The van der Waals surface area contributed by atoms with E-state index < -0.39 is 49.5 Å². The van der Waals surface area contributed by atoms with E-state index in [4.69, 9.17) is 23.2 Å². The Kier molecular flexibility index (Phi) is 6.49. The van der Waals surface area contributed by atoms with E-state index in [1.165, 1.54) is 24.3 Å². The van der Waals surface area contributed by atoms with E-state index in [0.717, 1.165) is 0 Å². The highest BCUT2D eigenvalue weighted by molar-refractivity contribution is 6.34. The fourth-order valence-corrected chi connectivity index (χ4v) is 2.80. The van der Waals surface area contributed by atoms with Crippen LogP contribution in [0.2, 0.25) is 5.02 Å². The predicted molar refractivity (Wildman–Crippen MR) is 97.7 cm³/mol. The Morgan fingerprint density at radius 3 is 2.17 bits per heavy atom. The highest BCUT2D eigenvalue weighted by Gasteiger charge is 2.42. The maximum Gasteiger partial charge on any atom is 0.418 e. The second kappa shape index (κ2) is 8.49. The summed E-state index contributed by atoms with van der Waals surface area (Å²) in [5, 5.41) is 35.5. The molecular formula is C15H9Cl2F3N4O5. The van der Waals surface area contributed by atoms with E-state index in [9.17, 15) is 38.6 Å². The summed E-state index contributed by atoms with van der Waals surface area (Å²) in [6.07, 6.45) is -5.18. The molecule has 0 unspecified atom stereocenters. The third-order valence-electron chi connectivity index (χ3n) is 3.63. The van der Waals surface area contributed by atoms with Gasteiger partial charge in [-0.25, -0.2) is 0 Å². The number of nitro groups is 2. The lowest BCUT2D eigenvalue weighted by Crippen LogP contribution is -2.18. The minimum Gasteiger partial charge on any atom is -0.409 e. The van der Waals surface area contributed by atoms with Crippen LogP contribution in [0.4, 0.5) is 30.2 Å². The van der Waals surface area contributed by atoms with Crippen molar-refractivity contribution in [3.05, 3.63) is 72.3 Å². The molecular weight excluding hydrogens is 444 g/mol. The van der Waals surface area contributed by atoms with Crippen molar-refractivity contribution < 1.29 is 28.2 Å². The average molecular weight is 453 g/mol. The largest absolute Gasteiger partial charge is 0.418 e. The molecule has 2 N–H and O–H groups in total. The first-order valence-electron chi connectivity index (χ1n) is 7.38. The smallest absolute Gasteiger partial charge is 0.409 e. The summed E-state index contributed by atoms with van der Waals surface area (Å²) in [4.78, 5) is 20.1. The third-order valence-corrected chi connectivity index (χ3v) is 4.32. The number of nitro benzene ring substituents is 2. The van der Waals surface area contributed by atoms with Gasteiger partial charge in [0.15, 0.2) is 11.5 Å². The van der Waals surface area contributed by atoms with Gasteiger partial charge >= 0.3 is 17.6 Å². The number of nitrogens with one attached hydrogen (secondary N) is 1. The molecule has 0 spiro atoms. The Morgan fingerprint density at radius 1 is 1.17 bits per heavy atom. The lowest BCUT2D eigenvalue weighted by molar-refractivity contribution is -0.392. The molecule has 0 saturated heterocycles. The molecule has 0 aromatic heterocycles. The molecule has 0 radical (unpaired) electrons. The Morgan fingerprint density at radius 2 is 1.76 bits per heavy atom. The van der Waals surface area contributed by atoms with E-state index >= 15 is 0 Å². The molecule has 29 heavy (non-hydrogen) atoms. The fourth-order valence-electron chi connectivity index (χ4n) is 2.30. The molecule has 9 nitrogen and oxygen atoms in total. The van der Waals surface area contributed by atoms with Crippen LogP contribution in [0.3, 0.4) is 0 Å². The van der Waals surface area contributed by atoms with Crippen molar-refractivity contribution in [2.75, 3.05) is 5.32 Å². The van der Waals surface area contributed by atoms with E-state index in [-0.39, 0.29) is 17.5 Å². The first-order chi connectivity index (χ1) is 13.5. The molecule has 14 heteroatoms. The number of anilines is 1. The second-order valence-corrected chi connectivity index (χ2v) is 6.04. The third kappa shape index (κ3) is 4.66. The molecule has 2 rings (SSSR count). The van der Waals surface area contributed by atoms with Gasteiger partial charge in [-0.2, -0.15) is 13.2 Å². The molecule has 0 bridgehead atoms. The van der Waals surface area contributed by atoms with Crippen molar-refractivity contribution in [3.63, 3.8) is 0 Å². The lowest BCUT2D eigenvalue weighted by Gasteiger charge is -2.14. The van der Waals surface area contributed by atoms with E-state index in [1.54, 1.807) is 0 Å². The molecule has 0 aliphatic rings. The minimum atomic E-state index is -5.18. The van der Waals surface area contributed by atoms with E-state index in [1.807, 2.05) is 0 Å². The summed E-state index contributed by atoms with van der Waals surface area (Å²) in [6, 6.07) is 5.84. The van der Waals surface area contributed by atoms with E-state index in [2.05, 4.69) is 10.5 Å². The zero-order valence-corrected chi connectivity index (χ0v) is 15.4. The molecule has 0 amide bonds. The Hall–Kier alpha value is -3.12. The number of oxime groups is 1. The molecule has 0 fully saturated rings. The van der Waals surface area contributed by atoms with Crippen LogP contribution in [0.25, 0.3) is 0 Å². The topological polar surface area (TPSA) is 131 Å². The minimum absolute atomic E-state index is 0.0588. The van der Waals surface area contributed by atoms with Gasteiger partial charge in [-0.05, 0) is 5.56 Å². The summed E-state index contributed by atoms with van der Waals surface area (Å²) in [6.45, 7) is 0. The van der Waals surface area contributed by atoms with Crippen LogP contribution >= 0.6 is 23.2 Å². The van der Waals surface area contributed by atoms with Gasteiger partial charge in [0.05, 0.1) is 15.4 Å². The summed E-state index contributed by atoms with van der Waals surface area (Å²) in [5.74, 6) is -0.349. The lowest BCUT2D eigenvalue weighted by atomic mass is 10.1. The normalized spacial score (nSPS) is 12.0. The first-order valence-corrected chi connectivity index (χ1v) is 8.29. The Labute approximate surface area is 169 Å². The van der Waals surface area contributed by atoms with Crippen LogP contribution in [-0.2, 0) is 12.1 Å². The Bertz CT molecular complexity index is 997. The maximum absolute atomic E-state index is 13.1. The number of rotatable bonds is 5. The summed E-state index contributed by atoms with van der Waals surface area (Å²) in [5.41, 5.74) is -4.63. The molecule has 2 aromatic carbocycles. The fraction of sp³-hybridized carbons (Fsp3) is 0.133. The Balaban J connectivity index is 2.70. The molecule has 0 aliphatic heterocycles. The summed E-state index contributed by atoms with van der Waals surface area (Å²) in [7, 11) is 0. The van der Waals surface area contributed by atoms with Crippen LogP contribution in [0.15, 0.2) is 35.5 Å². The highest BCUT2D eigenvalue weighted by Crippen LogP contribution is 2.47. The maximum atomic E-state index is 13.1. The van der Waals surface area contributed by atoms with Crippen LogP contribution in [0, 0.1) is 20.2 Å². The van der Waals surface area contributed by atoms with Crippen molar-refractivity contribution in [1.29, 1.82) is 0 Å². The van der Waals surface area contributed by atoms with Crippen LogP contribution in [0.1, 0.15) is 16.7 Å². The SMILES string of the molecule is O=[N+]([O-])c1cc(C(F)(F)F)c(Cl)c([N+](=O)[O-])c1NC(=NO)c1ccc(CCl)cc1. The number of hydrogen-bond acceptors (Lipinski definition) is 6. The van der Waals surface area contributed by atoms with Gasteiger partial charge in [-0.15, -0.1) is 11.6 Å². The number of benzene rings is 2. The van der Waals surface area contributed by atoms with Gasteiger partial charge in [0.2, 0.25) is 0 Å².